The van der Waals surface area contributed by atoms with Crippen LogP contribution in [0.15, 0.2) is 48.8 Å². The van der Waals surface area contributed by atoms with Gasteiger partial charge in [-0.25, -0.2) is 4.68 Å². The summed E-state index contributed by atoms with van der Waals surface area (Å²) in [5.41, 5.74) is 1.09. The van der Waals surface area contributed by atoms with Gasteiger partial charge in [0.2, 0.25) is 0 Å². The summed E-state index contributed by atoms with van der Waals surface area (Å²) in [5.74, 6) is 0. The number of benzene rings is 1. The van der Waals surface area contributed by atoms with Gasteiger partial charge in [0.25, 0.3) is 0 Å². The average Bonchev–Trinajstić information content (AvgIpc) is 2.58. The van der Waals surface area contributed by atoms with Crippen LogP contribution in [-0.2, 0) is 0 Å². The molecule has 0 spiro atoms. The molecule has 2 aromatic rings. The summed E-state index contributed by atoms with van der Waals surface area (Å²) in [6.45, 7) is 0. The second-order valence-electron chi connectivity index (χ2n) is 2.29. The summed E-state index contributed by atoms with van der Waals surface area (Å²) in [4.78, 5) is 0. The third-order valence-electron chi connectivity index (χ3n) is 1.53. The molecule has 2 nitrogen and oxygen atoms in total. The molecule has 0 aliphatic carbocycles. The maximum absolute atomic E-state index is 4.10. The van der Waals surface area contributed by atoms with Gasteiger partial charge < -0.3 is 0 Å². The fraction of sp³-hybridized carbons (Fsp3) is 0. The SMILES string of the molecule is c1ccc(-[15n]2ccc[15n]2)cc1. The van der Waals surface area contributed by atoms with Crippen molar-refractivity contribution < 1.29 is 0 Å². The van der Waals surface area contributed by atoms with Crippen LogP contribution in [0.4, 0.5) is 0 Å². The Bertz CT molecular complexity index is 311. The molecule has 0 fully saturated rings. The summed E-state index contributed by atoms with van der Waals surface area (Å²) in [5, 5.41) is 4.10. The lowest BCUT2D eigenvalue weighted by atomic mass is 10.3. The molecule has 0 radical (unpaired) electrons. The Morgan fingerprint density at radius 3 is 2.45 bits per heavy atom. The van der Waals surface area contributed by atoms with Gasteiger partial charge in [-0.3, -0.25) is 0 Å². The van der Waals surface area contributed by atoms with Gasteiger partial charge in [0.05, 0.1) is 5.69 Å². The van der Waals surface area contributed by atoms with Crippen molar-refractivity contribution in [2.75, 3.05) is 0 Å². The maximum atomic E-state index is 4.10. The second kappa shape index (κ2) is 2.58. The smallest absolute Gasteiger partial charge is 0.0645 e. The fourth-order valence-corrected chi connectivity index (χ4v) is 1.00. The molecule has 1 aromatic carbocycles. The molecule has 54 valence electrons. The first-order valence-corrected chi connectivity index (χ1v) is 3.52. The van der Waals surface area contributed by atoms with E-state index < -0.39 is 0 Å². The third-order valence-corrected chi connectivity index (χ3v) is 1.53. The molecular formula is C9H8N2. The Morgan fingerprint density at radius 1 is 1.00 bits per heavy atom. The Labute approximate surface area is 65.1 Å². The van der Waals surface area contributed by atoms with Crippen molar-refractivity contribution in [2.24, 2.45) is 0 Å². The Morgan fingerprint density at radius 2 is 1.82 bits per heavy atom. The van der Waals surface area contributed by atoms with Crippen molar-refractivity contribution >= 4 is 0 Å². The third kappa shape index (κ3) is 1.15. The molecule has 0 saturated heterocycles. The zero-order chi connectivity index (χ0) is 7.52. The van der Waals surface area contributed by atoms with E-state index in [0.717, 1.165) is 5.69 Å². The van der Waals surface area contributed by atoms with Crippen LogP contribution in [0.1, 0.15) is 0 Å². The fourth-order valence-electron chi connectivity index (χ4n) is 1.00. The molecule has 11 heavy (non-hydrogen) atoms. The predicted octanol–water partition coefficient (Wildman–Crippen LogP) is 1.87. The van der Waals surface area contributed by atoms with Crippen molar-refractivity contribution in [3.8, 4) is 5.69 Å². The molecule has 0 amide bonds. The molecule has 1 aromatic heterocycles. The normalized spacial score (nSPS) is 9.82. The van der Waals surface area contributed by atoms with Crippen LogP contribution in [0.25, 0.3) is 5.69 Å². The molecule has 0 N–H and O–H groups in total. The molecule has 0 atom stereocenters. The highest BCUT2D eigenvalue weighted by molar-refractivity contribution is 5.29. The molecular weight excluding hydrogens is 138 g/mol. The summed E-state index contributed by atoms with van der Waals surface area (Å²) in [6, 6.07) is 11.9. The molecule has 0 saturated carbocycles. The van der Waals surface area contributed by atoms with Gasteiger partial charge in [0.1, 0.15) is 0 Å². The van der Waals surface area contributed by atoms with Gasteiger partial charge in [-0.15, -0.1) is 0 Å². The van der Waals surface area contributed by atoms with Crippen molar-refractivity contribution in [3.63, 3.8) is 0 Å². The minimum atomic E-state index is 1.09. The molecule has 0 aliphatic rings. The van der Waals surface area contributed by atoms with Gasteiger partial charge in [0, 0.05) is 12.4 Å². The van der Waals surface area contributed by atoms with E-state index in [1.807, 2.05) is 47.3 Å². The number of para-hydroxylation sites is 1. The zero-order valence-corrected chi connectivity index (χ0v) is 6.01. The van der Waals surface area contributed by atoms with E-state index in [2.05, 4.69) is 5.10 Å². The lowest BCUT2D eigenvalue weighted by molar-refractivity contribution is 0.880. The second-order valence-corrected chi connectivity index (χ2v) is 2.29. The summed E-state index contributed by atoms with van der Waals surface area (Å²) in [6.07, 6.45) is 3.70. The summed E-state index contributed by atoms with van der Waals surface area (Å²) < 4.78 is 1.83. The maximum Gasteiger partial charge on any atom is 0.0645 e. The molecule has 0 aliphatic heterocycles. The molecule has 1 heterocycles. The van der Waals surface area contributed by atoms with Crippen LogP contribution in [0.2, 0.25) is 0 Å². The molecule has 2 heteroatoms. The number of hydrogen-bond donors (Lipinski definition) is 0. The average molecular weight is 146 g/mol. The first-order valence-electron chi connectivity index (χ1n) is 3.52. The van der Waals surface area contributed by atoms with Gasteiger partial charge in [0.15, 0.2) is 0 Å². The van der Waals surface area contributed by atoms with Crippen LogP contribution >= 0.6 is 0 Å². The number of hydrogen-bond acceptors (Lipinski definition) is 1. The van der Waals surface area contributed by atoms with E-state index in [4.69, 9.17) is 0 Å². The first kappa shape index (κ1) is 6.16. The highest BCUT2D eigenvalue weighted by atomic mass is 16.1. The predicted molar refractivity (Wildman–Crippen MR) is 43.6 cm³/mol. The highest BCUT2D eigenvalue weighted by Gasteiger charge is 1.90. The van der Waals surface area contributed by atoms with Gasteiger partial charge in [-0.05, 0) is 18.2 Å². The minimum Gasteiger partial charge on any atom is -0.241 e. The number of rotatable bonds is 1. The van der Waals surface area contributed by atoms with Crippen LogP contribution in [0, 0.1) is 0 Å². The summed E-state index contributed by atoms with van der Waals surface area (Å²) in [7, 11) is 0. The van der Waals surface area contributed by atoms with E-state index in [9.17, 15) is 0 Å². The van der Waals surface area contributed by atoms with E-state index in [-0.39, 0.29) is 0 Å². The Balaban J connectivity index is 2.46. The van der Waals surface area contributed by atoms with Gasteiger partial charge in [-0.1, -0.05) is 18.2 Å². The van der Waals surface area contributed by atoms with Crippen LogP contribution in [-0.4, -0.2) is 9.78 Å². The summed E-state index contributed by atoms with van der Waals surface area (Å²) >= 11 is 0. The highest BCUT2D eigenvalue weighted by Crippen LogP contribution is 2.03. The molecule has 0 unspecified atom stereocenters. The standard InChI is InChI=1S/C9H8N2/c1-2-5-9(6-3-1)11-8-4-7-10-11/h1-8H/i10+1,11+1. The molecule has 2 rings (SSSR count). The lowest BCUT2D eigenvalue weighted by Crippen LogP contribution is -1.91. The van der Waals surface area contributed by atoms with E-state index in [0.29, 0.717) is 0 Å². The topological polar surface area (TPSA) is 17.8 Å². The van der Waals surface area contributed by atoms with Crippen LogP contribution < -0.4 is 0 Å². The monoisotopic (exact) mass is 146 g/mol. The van der Waals surface area contributed by atoms with Gasteiger partial charge in [-0.2, -0.15) is 5.10 Å². The lowest BCUT2D eigenvalue weighted by Gasteiger charge is -1.97. The zero-order valence-electron chi connectivity index (χ0n) is 6.01. The van der Waals surface area contributed by atoms with Gasteiger partial charge >= 0.3 is 0 Å². The van der Waals surface area contributed by atoms with E-state index in [1.165, 1.54) is 0 Å². The Hall–Kier alpha value is -1.57. The first-order chi connectivity index (χ1) is 5.47. The van der Waals surface area contributed by atoms with E-state index in [1.54, 1.807) is 6.20 Å². The van der Waals surface area contributed by atoms with Crippen LogP contribution in [0.3, 0.4) is 0 Å². The number of nitrogens with zero attached hydrogens (tertiary/aromatic N) is 2. The minimum absolute atomic E-state index is 1.09. The van der Waals surface area contributed by atoms with Crippen LogP contribution in [0.5, 0.6) is 0 Å². The number of aromatic nitrogens is 2. The molecule has 0 bridgehead atoms. The van der Waals surface area contributed by atoms with E-state index >= 15 is 0 Å². The quantitative estimate of drug-likeness (QED) is 0.600. The largest absolute Gasteiger partial charge is 0.241 e. The van der Waals surface area contributed by atoms with Crippen molar-refractivity contribution in [1.82, 2.24) is 9.78 Å². The Kier molecular flexibility index (Phi) is 1.44. The van der Waals surface area contributed by atoms with Crippen molar-refractivity contribution in [3.05, 3.63) is 48.8 Å². The van der Waals surface area contributed by atoms with Crippen molar-refractivity contribution in [2.45, 2.75) is 0 Å². The van der Waals surface area contributed by atoms with Crippen molar-refractivity contribution in [1.29, 1.82) is 0 Å².